The molecule has 1 aromatic carbocycles. The Hall–Kier alpha value is -1.84. The van der Waals surface area contributed by atoms with Gasteiger partial charge in [0.05, 0.1) is 11.0 Å². The SMILES string of the molecule is Cn1c(C2CC2)nc2cc(CCNC(=O)C(C)(C)C)ccc21. The lowest BCUT2D eigenvalue weighted by Gasteiger charge is -2.17. The van der Waals surface area contributed by atoms with Crippen molar-refractivity contribution in [2.24, 2.45) is 12.5 Å². The standard InChI is InChI=1S/C18H25N3O/c1-18(2,3)17(22)19-10-9-12-5-8-15-14(11-12)20-16(21(15)4)13-6-7-13/h5,8,11,13H,6-7,9-10H2,1-4H3,(H,19,22). The van der Waals surface area contributed by atoms with E-state index in [1.807, 2.05) is 20.8 Å². The van der Waals surface area contributed by atoms with Gasteiger partial charge in [-0.1, -0.05) is 26.8 Å². The molecule has 0 saturated heterocycles. The molecule has 0 radical (unpaired) electrons. The fraction of sp³-hybridized carbons (Fsp3) is 0.556. The van der Waals surface area contributed by atoms with Crippen molar-refractivity contribution in [3.05, 3.63) is 29.6 Å². The number of hydrogen-bond acceptors (Lipinski definition) is 2. The van der Waals surface area contributed by atoms with Crippen LogP contribution in [0.2, 0.25) is 0 Å². The van der Waals surface area contributed by atoms with Crippen molar-refractivity contribution in [1.29, 1.82) is 0 Å². The molecular weight excluding hydrogens is 274 g/mol. The van der Waals surface area contributed by atoms with Crippen LogP contribution in [0.1, 0.15) is 50.9 Å². The van der Waals surface area contributed by atoms with Gasteiger partial charge in [-0.25, -0.2) is 4.98 Å². The highest BCUT2D eigenvalue weighted by atomic mass is 16.2. The van der Waals surface area contributed by atoms with Crippen molar-refractivity contribution in [3.8, 4) is 0 Å². The molecule has 1 N–H and O–H groups in total. The van der Waals surface area contributed by atoms with Gasteiger partial charge in [0.1, 0.15) is 5.82 Å². The van der Waals surface area contributed by atoms with E-state index in [-0.39, 0.29) is 11.3 Å². The van der Waals surface area contributed by atoms with Crippen LogP contribution >= 0.6 is 0 Å². The number of carbonyl (C=O) groups excluding carboxylic acids is 1. The Bertz CT molecular complexity index is 705. The maximum atomic E-state index is 11.9. The van der Waals surface area contributed by atoms with Gasteiger partial charge < -0.3 is 9.88 Å². The molecule has 1 fully saturated rings. The van der Waals surface area contributed by atoms with E-state index in [1.54, 1.807) is 0 Å². The molecule has 1 saturated carbocycles. The van der Waals surface area contributed by atoms with Crippen LogP contribution in [0, 0.1) is 5.41 Å². The third-order valence-electron chi connectivity index (χ3n) is 4.30. The number of aromatic nitrogens is 2. The van der Waals surface area contributed by atoms with E-state index in [1.165, 1.54) is 29.7 Å². The second-order valence-corrected chi connectivity index (χ2v) is 7.38. The average Bonchev–Trinajstić information content (AvgIpc) is 3.23. The molecule has 4 nitrogen and oxygen atoms in total. The van der Waals surface area contributed by atoms with Crippen molar-refractivity contribution in [2.45, 2.75) is 46.0 Å². The molecule has 22 heavy (non-hydrogen) atoms. The Morgan fingerprint density at radius 1 is 1.36 bits per heavy atom. The first-order valence-corrected chi connectivity index (χ1v) is 8.10. The number of nitrogens with one attached hydrogen (secondary N) is 1. The smallest absolute Gasteiger partial charge is 0.225 e. The summed E-state index contributed by atoms with van der Waals surface area (Å²) in [7, 11) is 2.10. The molecule has 0 bridgehead atoms. The highest BCUT2D eigenvalue weighted by Crippen LogP contribution is 2.40. The zero-order chi connectivity index (χ0) is 15.9. The van der Waals surface area contributed by atoms with E-state index in [9.17, 15) is 4.79 Å². The summed E-state index contributed by atoms with van der Waals surface area (Å²) in [4.78, 5) is 16.7. The summed E-state index contributed by atoms with van der Waals surface area (Å²) in [6.45, 7) is 6.47. The summed E-state index contributed by atoms with van der Waals surface area (Å²) in [6, 6.07) is 6.45. The molecule has 3 rings (SSSR count). The Labute approximate surface area is 131 Å². The van der Waals surface area contributed by atoms with Crippen molar-refractivity contribution >= 4 is 16.9 Å². The van der Waals surface area contributed by atoms with Gasteiger partial charge in [-0.15, -0.1) is 0 Å². The molecule has 0 aliphatic heterocycles. The van der Waals surface area contributed by atoms with Gasteiger partial charge >= 0.3 is 0 Å². The molecule has 0 spiro atoms. The first-order chi connectivity index (χ1) is 10.4. The van der Waals surface area contributed by atoms with Gasteiger partial charge in [0.25, 0.3) is 0 Å². The van der Waals surface area contributed by atoms with Crippen LogP contribution in [0.3, 0.4) is 0 Å². The predicted octanol–water partition coefficient (Wildman–Crippen LogP) is 3.16. The molecule has 0 unspecified atom stereocenters. The fourth-order valence-corrected chi connectivity index (χ4v) is 2.71. The van der Waals surface area contributed by atoms with Crippen LogP contribution in [-0.2, 0) is 18.3 Å². The first-order valence-electron chi connectivity index (χ1n) is 8.10. The minimum atomic E-state index is -0.329. The topological polar surface area (TPSA) is 46.9 Å². The quantitative estimate of drug-likeness (QED) is 0.942. The normalized spacial score (nSPS) is 15.3. The van der Waals surface area contributed by atoms with Crippen molar-refractivity contribution in [3.63, 3.8) is 0 Å². The van der Waals surface area contributed by atoms with Gasteiger partial charge in [-0.05, 0) is 37.0 Å². The van der Waals surface area contributed by atoms with E-state index >= 15 is 0 Å². The Morgan fingerprint density at radius 2 is 2.09 bits per heavy atom. The summed E-state index contributed by atoms with van der Waals surface area (Å²) in [5.41, 5.74) is 3.17. The number of amides is 1. The monoisotopic (exact) mass is 299 g/mol. The zero-order valence-corrected chi connectivity index (χ0v) is 13.9. The fourth-order valence-electron chi connectivity index (χ4n) is 2.71. The summed E-state index contributed by atoms with van der Waals surface area (Å²) >= 11 is 0. The average molecular weight is 299 g/mol. The highest BCUT2D eigenvalue weighted by Gasteiger charge is 2.28. The number of aryl methyl sites for hydroxylation is 1. The van der Waals surface area contributed by atoms with Crippen molar-refractivity contribution < 1.29 is 4.79 Å². The van der Waals surface area contributed by atoms with E-state index in [2.05, 4.69) is 35.1 Å². The summed E-state index contributed by atoms with van der Waals surface area (Å²) in [5.74, 6) is 1.97. The van der Waals surface area contributed by atoms with Gasteiger partial charge in [0.2, 0.25) is 5.91 Å². The van der Waals surface area contributed by atoms with E-state index < -0.39 is 0 Å². The summed E-state index contributed by atoms with van der Waals surface area (Å²) in [5, 5.41) is 3.00. The maximum absolute atomic E-state index is 11.9. The number of benzene rings is 1. The van der Waals surface area contributed by atoms with Gasteiger partial charge in [-0.3, -0.25) is 4.79 Å². The van der Waals surface area contributed by atoms with E-state index in [0.29, 0.717) is 12.5 Å². The van der Waals surface area contributed by atoms with E-state index in [4.69, 9.17) is 4.98 Å². The third-order valence-corrected chi connectivity index (χ3v) is 4.30. The molecular formula is C18H25N3O. The van der Waals surface area contributed by atoms with Crippen molar-refractivity contribution in [1.82, 2.24) is 14.9 Å². The minimum absolute atomic E-state index is 0.0995. The number of carbonyl (C=O) groups is 1. The molecule has 1 aromatic heterocycles. The summed E-state index contributed by atoms with van der Waals surface area (Å²) < 4.78 is 2.22. The lowest BCUT2D eigenvalue weighted by atomic mass is 9.95. The molecule has 0 atom stereocenters. The second kappa shape index (κ2) is 5.41. The zero-order valence-electron chi connectivity index (χ0n) is 13.9. The molecule has 4 heteroatoms. The van der Waals surface area contributed by atoms with Crippen LogP contribution in [0.15, 0.2) is 18.2 Å². The Balaban J connectivity index is 1.69. The minimum Gasteiger partial charge on any atom is -0.355 e. The third kappa shape index (κ3) is 3.01. The van der Waals surface area contributed by atoms with Crippen LogP contribution in [-0.4, -0.2) is 22.0 Å². The number of fused-ring (bicyclic) bond motifs is 1. The predicted molar refractivity (Wildman–Crippen MR) is 88.9 cm³/mol. The second-order valence-electron chi connectivity index (χ2n) is 7.38. The summed E-state index contributed by atoms with van der Waals surface area (Å²) in [6.07, 6.45) is 3.37. The molecule has 2 aromatic rings. The molecule has 1 aliphatic carbocycles. The van der Waals surface area contributed by atoms with Gasteiger partial charge in [0, 0.05) is 24.9 Å². The lowest BCUT2D eigenvalue weighted by Crippen LogP contribution is -2.35. The lowest BCUT2D eigenvalue weighted by molar-refractivity contribution is -0.128. The molecule has 1 heterocycles. The maximum Gasteiger partial charge on any atom is 0.225 e. The Morgan fingerprint density at radius 3 is 2.73 bits per heavy atom. The highest BCUT2D eigenvalue weighted by molar-refractivity contribution is 5.81. The van der Waals surface area contributed by atoms with Gasteiger partial charge in [-0.2, -0.15) is 0 Å². The molecule has 118 valence electrons. The Kier molecular flexibility index (Phi) is 3.71. The number of nitrogens with zero attached hydrogens (tertiary/aromatic N) is 2. The number of rotatable bonds is 4. The largest absolute Gasteiger partial charge is 0.355 e. The first kappa shape index (κ1) is 15.1. The van der Waals surface area contributed by atoms with Crippen LogP contribution in [0.4, 0.5) is 0 Å². The van der Waals surface area contributed by atoms with E-state index in [0.717, 1.165) is 11.9 Å². The van der Waals surface area contributed by atoms with Crippen molar-refractivity contribution in [2.75, 3.05) is 6.54 Å². The molecule has 1 amide bonds. The number of hydrogen-bond donors (Lipinski definition) is 1. The van der Waals surface area contributed by atoms with Crippen LogP contribution < -0.4 is 5.32 Å². The molecule has 1 aliphatic rings. The number of imidazole rings is 1. The van der Waals surface area contributed by atoms with Crippen LogP contribution in [0.25, 0.3) is 11.0 Å². The van der Waals surface area contributed by atoms with Gasteiger partial charge in [0.15, 0.2) is 0 Å². The van der Waals surface area contributed by atoms with Crippen LogP contribution in [0.5, 0.6) is 0 Å².